The van der Waals surface area contributed by atoms with E-state index in [4.69, 9.17) is 7.85 Å². The highest BCUT2D eigenvalue weighted by atomic mass is 19.3. The molecular formula is C26H32BF2N7. The minimum Gasteiger partial charge on any atom is -0.370 e. The SMILES string of the molecule is CC.[B]c1ccc(-n2cc(-c3cncc(N4CCC(F)(F)CC4)n3)nn2)c(N2CCC3(CC2)CC3)c1. The molecule has 2 aliphatic heterocycles. The van der Waals surface area contributed by atoms with Gasteiger partial charge in [0.15, 0.2) is 0 Å². The quantitative estimate of drug-likeness (QED) is 0.511. The zero-order valence-electron chi connectivity index (χ0n) is 21.0. The summed E-state index contributed by atoms with van der Waals surface area (Å²) in [7, 11) is 6.14. The smallest absolute Gasteiger partial charge is 0.251 e. The summed E-state index contributed by atoms with van der Waals surface area (Å²) in [5, 5.41) is 8.70. The summed E-state index contributed by atoms with van der Waals surface area (Å²) >= 11 is 0. The van der Waals surface area contributed by atoms with E-state index in [0.29, 0.717) is 22.6 Å². The van der Waals surface area contributed by atoms with Crippen LogP contribution < -0.4 is 15.3 Å². The molecule has 3 fully saturated rings. The van der Waals surface area contributed by atoms with Crippen molar-refractivity contribution in [3.05, 3.63) is 36.8 Å². The summed E-state index contributed by atoms with van der Waals surface area (Å²) in [6.45, 7) is 6.54. The second-order valence-electron chi connectivity index (χ2n) is 9.89. The highest BCUT2D eigenvalue weighted by Crippen LogP contribution is 2.54. The van der Waals surface area contributed by atoms with Crippen LogP contribution in [0.2, 0.25) is 0 Å². The number of hydrogen-bond donors (Lipinski definition) is 0. The number of hydrogen-bond acceptors (Lipinski definition) is 6. The van der Waals surface area contributed by atoms with E-state index in [0.717, 1.165) is 29.9 Å². The molecule has 10 heteroatoms. The fourth-order valence-corrected chi connectivity index (χ4v) is 5.08. The van der Waals surface area contributed by atoms with Gasteiger partial charge >= 0.3 is 0 Å². The second-order valence-corrected chi connectivity index (χ2v) is 9.89. The number of benzene rings is 1. The summed E-state index contributed by atoms with van der Waals surface area (Å²) in [6, 6.07) is 5.86. The van der Waals surface area contributed by atoms with Gasteiger partial charge in [-0.2, -0.15) is 0 Å². The fraction of sp³-hybridized carbons (Fsp3) is 0.538. The van der Waals surface area contributed by atoms with Crippen LogP contribution in [0.3, 0.4) is 0 Å². The first-order valence-electron chi connectivity index (χ1n) is 12.9. The number of halogens is 2. The van der Waals surface area contributed by atoms with Crippen LogP contribution in [0.15, 0.2) is 36.8 Å². The van der Waals surface area contributed by atoms with Gasteiger partial charge in [0, 0.05) is 39.0 Å². The Kier molecular flexibility index (Phi) is 6.70. The van der Waals surface area contributed by atoms with E-state index in [1.807, 2.05) is 43.1 Å². The lowest BCUT2D eigenvalue weighted by atomic mass is 9.91. The molecule has 1 spiro atoms. The van der Waals surface area contributed by atoms with E-state index in [9.17, 15) is 8.78 Å². The molecule has 1 saturated carbocycles. The van der Waals surface area contributed by atoms with Crippen molar-refractivity contribution in [2.45, 2.75) is 58.3 Å². The molecule has 2 aromatic heterocycles. The predicted octanol–water partition coefficient (Wildman–Crippen LogP) is 4.16. The van der Waals surface area contributed by atoms with Gasteiger partial charge in [0.1, 0.15) is 25.1 Å². The minimum absolute atomic E-state index is 0.174. The number of alkyl halides is 2. The van der Waals surface area contributed by atoms with Crippen molar-refractivity contribution in [1.82, 2.24) is 25.0 Å². The van der Waals surface area contributed by atoms with Gasteiger partial charge in [-0.1, -0.05) is 30.6 Å². The number of aromatic nitrogens is 5. The standard InChI is InChI=1S/C24H26BF2N7.C2H6/c25-17-1-2-20(21(13-17)32-9-5-23(3-4-23)6-10-32)34-16-19(30-31-34)18-14-28-15-22(29-18)33-11-7-24(26,27)8-12-33;1-2/h1-2,13-16H,3-12H2;1-2H3. The van der Waals surface area contributed by atoms with Crippen molar-refractivity contribution in [2.24, 2.45) is 5.41 Å². The van der Waals surface area contributed by atoms with Crippen LogP contribution in [0.5, 0.6) is 0 Å². The third kappa shape index (κ3) is 5.08. The van der Waals surface area contributed by atoms with Crippen molar-refractivity contribution in [3.63, 3.8) is 0 Å². The molecule has 3 aliphatic rings. The van der Waals surface area contributed by atoms with Crippen LogP contribution in [-0.4, -0.2) is 64.9 Å². The largest absolute Gasteiger partial charge is 0.370 e. The van der Waals surface area contributed by atoms with Gasteiger partial charge in [-0.25, -0.2) is 18.4 Å². The molecule has 36 heavy (non-hydrogen) atoms. The Bertz CT molecular complexity index is 1190. The molecule has 188 valence electrons. The first-order valence-corrected chi connectivity index (χ1v) is 12.9. The molecule has 0 bridgehead atoms. The van der Waals surface area contributed by atoms with E-state index >= 15 is 0 Å². The van der Waals surface area contributed by atoms with E-state index < -0.39 is 5.92 Å². The maximum atomic E-state index is 13.5. The molecular weight excluding hydrogens is 459 g/mol. The topological polar surface area (TPSA) is 63.0 Å². The Morgan fingerprint density at radius 1 is 0.833 bits per heavy atom. The van der Waals surface area contributed by atoms with Gasteiger partial charge in [-0.3, -0.25) is 4.98 Å². The first kappa shape index (κ1) is 24.7. The van der Waals surface area contributed by atoms with E-state index in [2.05, 4.69) is 25.2 Å². The van der Waals surface area contributed by atoms with Crippen molar-refractivity contribution >= 4 is 24.8 Å². The Morgan fingerprint density at radius 2 is 1.53 bits per heavy atom. The first-order chi connectivity index (χ1) is 17.4. The summed E-state index contributed by atoms with van der Waals surface area (Å²) < 4.78 is 28.8. The fourth-order valence-electron chi connectivity index (χ4n) is 5.08. The van der Waals surface area contributed by atoms with Crippen LogP contribution in [0, 0.1) is 5.41 Å². The molecule has 6 rings (SSSR count). The van der Waals surface area contributed by atoms with Crippen molar-refractivity contribution in [3.8, 4) is 17.1 Å². The third-order valence-corrected chi connectivity index (χ3v) is 7.56. The summed E-state index contributed by atoms with van der Waals surface area (Å²) in [5.41, 5.74) is 4.42. The second kappa shape index (κ2) is 9.79. The van der Waals surface area contributed by atoms with Crippen LogP contribution in [-0.2, 0) is 0 Å². The normalized spacial score (nSPS) is 20.1. The number of piperidine rings is 2. The Balaban J connectivity index is 0.00000130. The minimum atomic E-state index is -2.60. The van der Waals surface area contributed by atoms with Crippen LogP contribution >= 0.6 is 0 Å². The lowest BCUT2D eigenvalue weighted by Crippen LogP contribution is -2.39. The average molecular weight is 491 g/mol. The van der Waals surface area contributed by atoms with Gasteiger partial charge < -0.3 is 9.80 Å². The molecule has 2 saturated heterocycles. The zero-order chi connectivity index (χ0) is 25.3. The molecule has 3 aromatic rings. The van der Waals surface area contributed by atoms with Gasteiger partial charge in [0.25, 0.3) is 5.92 Å². The molecule has 7 nitrogen and oxygen atoms in total. The molecule has 0 amide bonds. The maximum absolute atomic E-state index is 13.5. The van der Waals surface area contributed by atoms with Crippen molar-refractivity contribution in [1.29, 1.82) is 0 Å². The molecule has 0 N–H and O–H groups in total. The van der Waals surface area contributed by atoms with Gasteiger partial charge in [0.05, 0.1) is 30.0 Å². The molecule has 0 unspecified atom stereocenters. The highest BCUT2D eigenvalue weighted by molar-refractivity contribution is 6.32. The van der Waals surface area contributed by atoms with E-state index in [-0.39, 0.29) is 25.9 Å². The summed E-state index contributed by atoms with van der Waals surface area (Å²) in [4.78, 5) is 13.2. The molecule has 1 aliphatic carbocycles. The molecule has 1 aromatic carbocycles. The summed E-state index contributed by atoms with van der Waals surface area (Å²) in [6.07, 6.45) is 9.87. The highest BCUT2D eigenvalue weighted by Gasteiger charge is 2.44. The number of nitrogens with zero attached hydrogens (tertiary/aromatic N) is 7. The summed E-state index contributed by atoms with van der Waals surface area (Å²) in [5.74, 6) is -2.02. The van der Waals surface area contributed by atoms with Crippen LogP contribution in [0.4, 0.5) is 20.3 Å². The lowest BCUT2D eigenvalue weighted by Gasteiger charge is -2.35. The van der Waals surface area contributed by atoms with Gasteiger partial charge in [0.2, 0.25) is 0 Å². The van der Waals surface area contributed by atoms with Gasteiger partial charge in [-0.15, -0.1) is 5.10 Å². The molecule has 4 heterocycles. The van der Waals surface area contributed by atoms with Crippen LogP contribution in [0.1, 0.15) is 52.4 Å². The zero-order valence-corrected chi connectivity index (χ0v) is 21.0. The Morgan fingerprint density at radius 3 is 2.22 bits per heavy atom. The number of anilines is 2. The Hall–Kier alpha value is -3.04. The van der Waals surface area contributed by atoms with Gasteiger partial charge in [-0.05, 0) is 43.2 Å². The van der Waals surface area contributed by atoms with E-state index in [1.165, 1.54) is 25.7 Å². The average Bonchev–Trinajstić information content (AvgIpc) is 3.46. The monoisotopic (exact) mass is 491 g/mol. The van der Waals surface area contributed by atoms with E-state index in [1.54, 1.807) is 17.1 Å². The Labute approximate surface area is 212 Å². The van der Waals surface area contributed by atoms with Crippen molar-refractivity contribution < 1.29 is 8.78 Å². The maximum Gasteiger partial charge on any atom is 0.251 e. The lowest BCUT2D eigenvalue weighted by molar-refractivity contribution is -0.0221. The molecule has 2 radical (unpaired) electrons. The number of rotatable bonds is 4. The predicted molar refractivity (Wildman–Crippen MR) is 139 cm³/mol. The third-order valence-electron chi connectivity index (χ3n) is 7.56. The van der Waals surface area contributed by atoms with Crippen LogP contribution in [0.25, 0.3) is 17.1 Å². The molecule has 0 atom stereocenters. The van der Waals surface area contributed by atoms with Crippen molar-refractivity contribution in [2.75, 3.05) is 36.0 Å².